The summed E-state index contributed by atoms with van der Waals surface area (Å²) in [4.78, 5) is 14.6. The molecule has 0 aromatic heterocycles. The fourth-order valence-electron chi connectivity index (χ4n) is 3.34. The van der Waals surface area contributed by atoms with Gasteiger partial charge < -0.3 is 16.0 Å². The van der Waals surface area contributed by atoms with Crippen molar-refractivity contribution >= 4 is 11.6 Å². The Balaban J connectivity index is 1.65. The molecule has 0 saturated carbocycles. The monoisotopic (exact) mass is 277 g/mol. The number of nitrogens with one attached hydrogen (secondary N) is 1. The Bertz CT molecular complexity index is 520. The van der Waals surface area contributed by atoms with Gasteiger partial charge in [-0.2, -0.15) is 0 Å². The quantitative estimate of drug-likeness (QED) is 0.810. The maximum Gasteiger partial charge on any atom is 0.254 e. The van der Waals surface area contributed by atoms with Crippen molar-refractivity contribution in [2.45, 2.75) is 37.8 Å². The van der Waals surface area contributed by atoms with Gasteiger partial charge in [-0.1, -0.05) is 0 Å². The standard InChI is InChI=1S/C15H20FN3O/c16-14-4-3-10(17)8-13(14)15(20)18-11-5-7-19-6-1-2-12(19)9-11/h3-4,8,11-12H,1-2,5-7,9,17H2,(H,18,20). The second-order valence-electron chi connectivity index (χ2n) is 5.77. The summed E-state index contributed by atoms with van der Waals surface area (Å²) in [6, 6.07) is 4.82. The average Bonchev–Trinajstić information content (AvgIpc) is 2.89. The van der Waals surface area contributed by atoms with Crippen LogP contribution in [0.3, 0.4) is 0 Å². The predicted molar refractivity (Wildman–Crippen MR) is 75.9 cm³/mol. The van der Waals surface area contributed by atoms with E-state index in [-0.39, 0.29) is 17.5 Å². The van der Waals surface area contributed by atoms with Gasteiger partial charge in [0.25, 0.3) is 5.91 Å². The van der Waals surface area contributed by atoms with Crippen LogP contribution >= 0.6 is 0 Å². The van der Waals surface area contributed by atoms with Crippen LogP contribution in [-0.4, -0.2) is 36.0 Å². The van der Waals surface area contributed by atoms with Crippen molar-refractivity contribution in [3.05, 3.63) is 29.6 Å². The van der Waals surface area contributed by atoms with Gasteiger partial charge in [0.15, 0.2) is 0 Å². The second-order valence-corrected chi connectivity index (χ2v) is 5.77. The molecular weight excluding hydrogens is 257 g/mol. The minimum Gasteiger partial charge on any atom is -0.399 e. The van der Waals surface area contributed by atoms with Gasteiger partial charge in [0.1, 0.15) is 5.82 Å². The van der Waals surface area contributed by atoms with E-state index in [9.17, 15) is 9.18 Å². The summed E-state index contributed by atoms with van der Waals surface area (Å²) in [7, 11) is 0. The van der Waals surface area contributed by atoms with Crippen LogP contribution in [0.4, 0.5) is 10.1 Å². The first-order valence-corrected chi connectivity index (χ1v) is 7.23. The first-order chi connectivity index (χ1) is 9.63. The van der Waals surface area contributed by atoms with Crippen molar-refractivity contribution in [1.82, 2.24) is 10.2 Å². The summed E-state index contributed by atoms with van der Waals surface area (Å²) in [6.45, 7) is 2.20. The van der Waals surface area contributed by atoms with Gasteiger partial charge in [0.2, 0.25) is 0 Å². The molecule has 2 heterocycles. The van der Waals surface area contributed by atoms with Crippen LogP contribution in [0.1, 0.15) is 36.0 Å². The summed E-state index contributed by atoms with van der Waals surface area (Å²) in [5, 5.41) is 2.95. The molecule has 2 unspecified atom stereocenters. The minimum absolute atomic E-state index is 0.0406. The maximum atomic E-state index is 13.7. The van der Waals surface area contributed by atoms with E-state index in [2.05, 4.69) is 10.2 Å². The van der Waals surface area contributed by atoms with E-state index in [4.69, 9.17) is 5.73 Å². The molecule has 4 nitrogen and oxygen atoms in total. The molecule has 2 saturated heterocycles. The highest BCUT2D eigenvalue weighted by Crippen LogP contribution is 2.27. The van der Waals surface area contributed by atoms with Crippen LogP contribution in [-0.2, 0) is 0 Å². The number of carbonyl (C=O) groups is 1. The Labute approximate surface area is 118 Å². The van der Waals surface area contributed by atoms with Crippen molar-refractivity contribution in [3.8, 4) is 0 Å². The van der Waals surface area contributed by atoms with Crippen LogP contribution in [0.25, 0.3) is 0 Å². The van der Waals surface area contributed by atoms with Crippen molar-refractivity contribution in [2.75, 3.05) is 18.8 Å². The van der Waals surface area contributed by atoms with Gasteiger partial charge in [0, 0.05) is 24.3 Å². The lowest BCUT2D eigenvalue weighted by molar-refractivity contribution is 0.0892. The summed E-state index contributed by atoms with van der Waals surface area (Å²) >= 11 is 0. The Morgan fingerprint density at radius 3 is 3.05 bits per heavy atom. The topological polar surface area (TPSA) is 58.4 Å². The molecule has 0 radical (unpaired) electrons. The number of nitrogens with zero attached hydrogens (tertiary/aromatic N) is 1. The van der Waals surface area contributed by atoms with Crippen LogP contribution in [0.5, 0.6) is 0 Å². The minimum atomic E-state index is -0.519. The molecule has 2 aliphatic heterocycles. The van der Waals surface area contributed by atoms with Crippen LogP contribution in [0, 0.1) is 5.82 Å². The third-order valence-electron chi connectivity index (χ3n) is 4.39. The smallest absolute Gasteiger partial charge is 0.254 e. The fourth-order valence-corrected chi connectivity index (χ4v) is 3.34. The first-order valence-electron chi connectivity index (χ1n) is 7.23. The molecule has 2 aliphatic rings. The van der Waals surface area contributed by atoms with Gasteiger partial charge in [-0.05, 0) is 50.4 Å². The first kappa shape index (κ1) is 13.4. The molecule has 2 atom stereocenters. The van der Waals surface area contributed by atoms with Gasteiger partial charge in [-0.3, -0.25) is 4.79 Å². The predicted octanol–water partition coefficient (Wildman–Crippen LogP) is 1.76. The SMILES string of the molecule is Nc1ccc(F)c(C(=O)NC2CCN3CCCC3C2)c1. The molecule has 1 amide bonds. The number of carbonyl (C=O) groups excluding carboxylic acids is 1. The molecule has 0 aliphatic carbocycles. The molecule has 2 fully saturated rings. The third kappa shape index (κ3) is 2.63. The molecule has 5 heteroatoms. The van der Waals surface area contributed by atoms with Gasteiger partial charge in [-0.15, -0.1) is 0 Å². The van der Waals surface area contributed by atoms with E-state index in [0.717, 1.165) is 19.4 Å². The number of hydrogen-bond acceptors (Lipinski definition) is 3. The number of nitrogen functional groups attached to an aromatic ring is 1. The number of rotatable bonds is 2. The number of hydrogen-bond donors (Lipinski definition) is 2. The molecule has 20 heavy (non-hydrogen) atoms. The number of nitrogens with two attached hydrogens (primary N) is 1. The van der Waals surface area contributed by atoms with Crippen molar-refractivity contribution in [1.29, 1.82) is 0 Å². The van der Waals surface area contributed by atoms with Gasteiger partial charge in [0.05, 0.1) is 5.56 Å². The third-order valence-corrected chi connectivity index (χ3v) is 4.39. The molecule has 3 N–H and O–H groups in total. The molecule has 1 aromatic carbocycles. The highest BCUT2D eigenvalue weighted by atomic mass is 19.1. The summed E-state index contributed by atoms with van der Waals surface area (Å²) < 4.78 is 13.7. The number of anilines is 1. The van der Waals surface area contributed by atoms with Crippen LogP contribution in [0.2, 0.25) is 0 Å². The van der Waals surface area contributed by atoms with E-state index in [1.807, 2.05) is 0 Å². The van der Waals surface area contributed by atoms with Crippen molar-refractivity contribution < 1.29 is 9.18 Å². The Morgan fingerprint density at radius 1 is 1.35 bits per heavy atom. The van der Waals surface area contributed by atoms with Crippen LogP contribution in [0.15, 0.2) is 18.2 Å². The lowest BCUT2D eigenvalue weighted by atomic mass is 9.97. The number of halogens is 1. The molecule has 1 aromatic rings. The highest BCUT2D eigenvalue weighted by Gasteiger charge is 2.32. The molecular formula is C15H20FN3O. The van der Waals surface area contributed by atoms with E-state index >= 15 is 0 Å². The number of piperidine rings is 1. The Morgan fingerprint density at radius 2 is 2.20 bits per heavy atom. The molecule has 108 valence electrons. The van der Waals surface area contributed by atoms with E-state index < -0.39 is 5.82 Å². The zero-order chi connectivity index (χ0) is 14.1. The highest BCUT2D eigenvalue weighted by molar-refractivity contribution is 5.95. The number of benzene rings is 1. The maximum absolute atomic E-state index is 13.7. The zero-order valence-electron chi connectivity index (χ0n) is 11.4. The largest absolute Gasteiger partial charge is 0.399 e. The van der Waals surface area contributed by atoms with Gasteiger partial charge in [-0.25, -0.2) is 4.39 Å². The fraction of sp³-hybridized carbons (Fsp3) is 0.533. The second kappa shape index (κ2) is 5.40. The Hall–Kier alpha value is -1.62. The summed E-state index contributed by atoms with van der Waals surface area (Å²) in [6.07, 6.45) is 4.36. The summed E-state index contributed by atoms with van der Waals surface area (Å²) in [5.41, 5.74) is 6.06. The number of amides is 1. The van der Waals surface area contributed by atoms with E-state index in [0.29, 0.717) is 11.7 Å². The average molecular weight is 277 g/mol. The van der Waals surface area contributed by atoms with Crippen LogP contribution < -0.4 is 11.1 Å². The summed E-state index contributed by atoms with van der Waals surface area (Å²) in [5.74, 6) is -0.874. The van der Waals surface area contributed by atoms with Gasteiger partial charge >= 0.3 is 0 Å². The Kier molecular flexibility index (Phi) is 3.61. The van der Waals surface area contributed by atoms with Crippen molar-refractivity contribution in [3.63, 3.8) is 0 Å². The lowest BCUT2D eigenvalue weighted by Gasteiger charge is -2.35. The molecule has 0 bridgehead atoms. The molecule has 0 spiro atoms. The zero-order valence-corrected chi connectivity index (χ0v) is 11.4. The van der Waals surface area contributed by atoms with E-state index in [1.165, 1.54) is 37.6 Å². The lowest BCUT2D eigenvalue weighted by Crippen LogP contribution is -2.47. The van der Waals surface area contributed by atoms with Crippen molar-refractivity contribution in [2.24, 2.45) is 0 Å². The van der Waals surface area contributed by atoms with E-state index in [1.54, 1.807) is 0 Å². The normalized spacial score (nSPS) is 26.2. The molecule has 3 rings (SSSR count). The number of fused-ring (bicyclic) bond motifs is 1.